The van der Waals surface area contributed by atoms with E-state index in [4.69, 9.17) is 0 Å². The van der Waals surface area contributed by atoms with Gasteiger partial charge in [0.1, 0.15) is 0 Å². The molecule has 2 atom stereocenters. The molecular weight excluding hydrogens is 280 g/mol. The van der Waals surface area contributed by atoms with Crippen LogP contribution in [0.1, 0.15) is 49.3 Å². The van der Waals surface area contributed by atoms with Gasteiger partial charge in [-0.3, -0.25) is 0 Å². The number of aryl methyl sites for hydroxylation is 2. The third kappa shape index (κ3) is 2.83. The van der Waals surface area contributed by atoms with E-state index in [-0.39, 0.29) is 0 Å². The summed E-state index contributed by atoms with van der Waals surface area (Å²) < 4.78 is 0. The van der Waals surface area contributed by atoms with Crippen molar-refractivity contribution in [1.82, 2.24) is 0 Å². The van der Waals surface area contributed by atoms with Crippen molar-refractivity contribution in [1.29, 1.82) is 0 Å². The lowest BCUT2D eigenvalue weighted by Gasteiger charge is -2.37. The van der Waals surface area contributed by atoms with Gasteiger partial charge in [-0.1, -0.05) is 44.2 Å². The molecular formula is C21H26N2. The number of para-hydroxylation sites is 1. The van der Waals surface area contributed by atoms with Crippen LogP contribution in [0.2, 0.25) is 0 Å². The minimum Gasteiger partial charge on any atom is -0.380 e. The molecule has 0 fully saturated rings. The number of benzene rings is 2. The Hall–Kier alpha value is -1.96. The number of rotatable bonds is 2. The minimum atomic E-state index is 0.528. The van der Waals surface area contributed by atoms with Gasteiger partial charge < -0.3 is 10.6 Å². The van der Waals surface area contributed by atoms with Crippen molar-refractivity contribution < 1.29 is 0 Å². The lowest BCUT2D eigenvalue weighted by atomic mass is 9.87. The predicted octanol–water partition coefficient (Wildman–Crippen LogP) is 4.96. The van der Waals surface area contributed by atoms with E-state index in [2.05, 4.69) is 66.9 Å². The van der Waals surface area contributed by atoms with Crippen LogP contribution in [0.15, 0.2) is 42.5 Å². The molecule has 0 aliphatic carbocycles. The third-order valence-corrected chi connectivity index (χ3v) is 5.43. The zero-order valence-electron chi connectivity index (χ0n) is 14.1. The number of hydrogen-bond acceptors (Lipinski definition) is 2. The van der Waals surface area contributed by atoms with Gasteiger partial charge in [0.2, 0.25) is 0 Å². The molecule has 2 heteroatoms. The van der Waals surface area contributed by atoms with E-state index < -0.39 is 0 Å². The highest BCUT2D eigenvalue weighted by Gasteiger charge is 2.28. The average molecular weight is 306 g/mol. The minimum absolute atomic E-state index is 0.528. The topological polar surface area (TPSA) is 24.1 Å². The molecule has 2 nitrogen and oxygen atoms in total. The third-order valence-electron chi connectivity index (χ3n) is 5.43. The van der Waals surface area contributed by atoms with Crippen LogP contribution in [0.3, 0.4) is 0 Å². The second kappa shape index (κ2) is 5.92. The Morgan fingerprint density at radius 3 is 2.22 bits per heavy atom. The number of anilines is 2. The van der Waals surface area contributed by atoms with Gasteiger partial charge >= 0.3 is 0 Å². The predicted molar refractivity (Wildman–Crippen MR) is 98.4 cm³/mol. The van der Waals surface area contributed by atoms with Crippen LogP contribution in [0, 0.1) is 0 Å². The van der Waals surface area contributed by atoms with Crippen molar-refractivity contribution in [3.05, 3.63) is 59.2 Å². The van der Waals surface area contributed by atoms with Gasteiger partial charge in [0.25, 0.3) is 0 Å². The SMILES string of the molecule is CC(C)c1ccc2c(c1)CC[C@@H]([C@@H]1CCc3ccccc3N1)N2. The van der Waals surface area contributed by atoms with E-state index in [1.54, 1.807) is 0 Å². The van der Waals surface area contributed by atoms with Gasteiger partial charge in [0.05, 0.1) is 0 Å². The summed E-state index contributed by atoms with van der Waals surface area (Å²) in [7, 11) is 0. The highest BCUT2D eigenvalue weighted by Crippen LogP contribution is 2.33. The van der Waals surface area contributed by atoms with E-state index in [1.807, 2.05) is 0 Å². The first kappa shape index (κ1) is 14.6. The molecule has 0 radical (unpaired) electrons. The Morgan fingerprint density at radius 2 is 1.48 bits per heavy atom. The quantitative estimate of drug-likeness (QED) is 0.819. The second-order valence-electron chi connectivity index (χ2n) is 7.31. The van der Waals surface area contributed by atoms with Crippen molar-refractivity contribution in [2.45, 2.75) is 57.5 Å². The normalized spacial score (nSPS) is 22.7. The molecule has 2 heterocycles. The molecule has 120 valence electrons. The van der Waals surface area contributed by atoms with Crippen LogP contribution in [0.5, 0.6) is 0 Å². The summed E-state index contributed by atoms with van der Waals surface area (Å²) in [6.07, 6.45) is 4.81. The Labute approximate surface area is 139 Å². The molecule has 2 aliphatic heterocycles. The first-order valence-corrected chi connectivity index (χ1v) is 8.94. The van der Waals surface area contributed by atoms with Gasteiger partial charge in [-0.15, -0.1) is 0 Å². The fourth-order valence-electron chi connectivity index (χ4n) is 3.97. The summed E-state index contributed by atoms with van der Waals surface area (Å²) in [4.78, 5) is 0. The van der Waals surface area contributed by atoms with Crippen molar-refractivity contribution in [2.24, 2.45) is 0 Å². The smallest absolute Gasteiger partial charge is 0.0466 e. The van der Waals surface area contributed by atoms with Crippen molar-refractivity contribution in [3.8, 4) is 0 Å². The molecule has 4 rings (SSSR count). The number of nitrogens with one attached hydrogen (secondary N) is 2. The molecule has 0 saturated heterocycles. The molecule has 2 N–H and O–H groups in total. The van der Waals surface area contributed by atoms with Crippen LogP contribution in [0.25, 0.3) is 0 Å². The average Bonchev–Trinajstić information content (AvgIpc) is 2.60. The Bertz CT molecular complexity index is 705. The van der Waals surface area contributed by atoms with Gasteiger partial charge in [-0.05, 0) is 60.4 Å². The summed E-state index contributed by atoms with van der Waals surface area (Å²) in [6, 6.07) is 16.8. The van der Waals surface area contributed by atoms with E-state index in [0.717, 1.165) is 0 Å². The van der Waals surface area contributed by atoms with Crippen LogP contribution >= 0.6 is 0 Å². The van der Waals surface area contributed by atoms with E-state index >= 15 is 0 Å². The van der Waals surface area contributed by atoms with E-state index in [0.29, 0.717) is 18.0 Å². The summed E-state index contributed by atoms with van der Waals surface area (Å²) >= 11 is 0. The summed E-state index contributed by atoms with van der Waals surface area (Å²) in [6.45, 7) is 4.54. The monoisotopic (exact) mass is 306 g/mol. The molecule has 0 aromatic heterocycles. The van der Waals surface area contributed by atoms with Crippen LogP contribution in [-0.4, -0.2) is 12.1 Å². The maximum Gasteiger partial charge on any atom is 0.0466 e. The molecule has 0 amide bonds. The molecule has 2 aliphatic rings. The molecule has 0 unspecified atom stereocenters. The Kier molecular flexibility index (Phi) is 3.76. The van der Waals surface area contributed by atoms with Crippen molar-refractivity contribution in [2.75, 3.05) is 10.6 Å². The molecule has 23 heavy (non-hydrogen) atoms. The van der Waals surface area contributed by atoms with E-state index in [9.17, 15) is 0 Å². The first-order valence-electron chi connectivity index (χ1n) is 8.94. The van der Waals surface area contributed by atoms with Crippen LogP contribution < -0.4 is 10.6 Å². The van der Waals surface area contributed by atoms with Gasteiger partial charge in [0.15, 0.2) is 0 Å². The molecule has 2 aromatic rings. The second-order valence-corrected chi connectivity index (χ2v) is 7.31. The molecule has 0 saturated carbocycles. The largest absolute Gasteiger partial charge is 0.380 e. The van der Waals surface area contributed by atoms with Gasteiger partial charge in [0, 0.05) is 23.5 Å². The Morgan fingerprint density at radius 1 is 0.826 bits per heavy atom. The Balaban J connectivity index is 1.51. The van der Waals surface area contributed by atoms with Gasteiger partial charge in [-0.2, -0.15) is 0 Å². The highest BCUT2D eigenvalue weighted by atomic mass is 15.0. The summed E-state index contributed by atoms with van der Waals surface area (Å²) in [5.41, 5.74) is 7.07. The maximum atomic E-state index is 3.80. The maximum absolute atomic E-state index is 3.80. The van der Waals surface area contributed by atoms with Crippen LogP contribution in [-0.2, 0) is 12.8 Å². The first-order chi connectivity index (χ1) is 11.2. The van der Waals surface area contributed by atoms with E-state index in [1.165, 1.54) is 53.7 Å². The van der Waals surface area contributed by atoms with Crippen LogP contribution in [0.4, 0.5) is 11.4 Å². The van der Waals surface area contributed by atoms with Crippen molar-refractivity contribution >= 4 is 11.4 Å². The highest BCUT2D eigenvalue weighted by molar-refractivity contribution is 5.58. The molecule has 0 spiro atoms. The zero-order chi connectivity index (χ0) is 15.8. The fourth-order valence-corrected chi connectivity index (χ4v) is 3.97. The standard InChI is InChI=1S/C21H26N2/c1-14(2)16-8-10-19-17(13-16)9-12-21(23-19)20-11-7-15-5-3-4-6-18(15)22-20/h3-6,8,10,13-14,20-23H,7,9,11-12H2,1-2H3/t20-,21-/m0/s1. The fraction of sp³-hybridized carbons (Fsp3) is 0.429. The molecule has 2 aromatic carbocycles. The lowest BCUT2D eigenvalue weighted by molar-refractivity contribution is 0.501. The zero-order valence-corrected chi connectivity index (χ0v) is 14.1. The van der Waals surface area contributed by atoms with Crippen molar-refractivity contribution in [3.63, 3.8) is 0 Å². The summed E-state index contributed by atoms with van der Waals surface area (Å²) in [5.74, 6) is 0.606. The molecule has 0 bridgehead atoms. The summed E-state index contributed by atoms with van der Waals surface area (Å²) in [5, 5.41) is 7.57. The van der Waals surface area contributed by atoms with Gasteiger partial charge in [-0.25, -0.2) is 0 Å². The number of fused-ring (bicyclic) bond motifs is 2. The number of hydrogen-bond donors (Lipinski definition) is 2. The lowest BCUT2D eigenvalue weighted by Crippen LogP contribution is -2.43.